The van der Waals surface area contributed by atoms with Crippen molar-refractivity contribution < 1.29 is 13.2 Å². The second kappa shape index (κ2) is 7.34. The van der Waals surface area contributed by atoms with Gasteiger partial charge in [-0.05, 0) is 36.6 Å². The summed E-state index contributed by atoms with van der Waals surface area (Å²) in [5.74, 6) is 0.745. The number of carbonyl (C=O) groups excluding carboxylic acids is 1. The predicted molar refractivity (Wildman–Crippen MR) is 93.2 cm³/mol. The minimum atomic E-state index is -3.17. The van der Waals surface area contributed by atoms with Crippen molar-refractivity contribution in [2.45, 2.75) is 50.2 Å². The summed E-state index contributed by atoms with van der Waals surface area (Å²) >= 11 is 1.50. The fourth-order valence-corrected chi connectivity index (χ4v) is 6.76. The fourth-order valence-electron chi connectivity index (χ4n) is 3.75. The molecule has 4 nitrogen and oxygen atoms in total. The van der Waals surface area contributed by atoms with Gasteiger partial charge in [0.25, 0.3) is 0 Å². The van der Waals surface area contributed by atoms with Gasteiger partial charge in [0.2, 0.25) is 5.91 Å². The van der Waals surface area contributed by atoms with Crippen LogP contribution < -0.4 is 0 Å². The highest BCUT2D eigenvalue weighted by molar-refractivity contribution is 7.91. The molecule has 2 heterocycles. The standard InChI is InChI=1S/C17H25NO3S2/c19-17(13-14-5-2-1-3-6-14)18-9-8-16(15-7-4-11-22-15)23(20,21)12-10-18/h4,7,11,14,16H,1-3,5-6,8-10,12-13H2. The molecule has 128 valence electrons. The molecule has 1 saturated carbocycles. The van der Waals surface area contributed by atoms with E-state index >= 15 is 0 Å². The SMILES string of the molecule is O=C(CC1CCCCC1)N1CCC(c2cccs2)S(=O)(=O)CC1. The van der Waals surface area contributed by atoms with Gasteiger partial charge in [0.05, 0.1) is 11.0 Å². The van der Waals surface area contributed by atoms with Crippen LogP contribution in [0.15, 0.2) is 17.5 Å². The first-order valence-electron chi connectivity index (χ1n) is 8.59. The molecule has 0 bridgehead atoms. The van der Waals surface area contributed by atoms with E-state index in [-0.39, 0.29) is 11.7 Å². The van der Waals surface area contributed by atoms with Crippen LogP contribution in [0.5, 0.6) is 0 Å². The lowest BCUT2D eigenvalue weighted by atomic mass is 9.86. The molecule has 0 spiro atoms. The van der Waals surface area contributed by atoms with Gasteiger partial charge in [-0.2, -0.15) is 0 Å². The fraction of sp³-hybridized carbons (Fsp3) is 0.706. The smallest absolute Gasteiger partial charge is 0.222 e. The number of carbonyl (C=O) groups is 1. The average molecular weight is 356 g/mol. The van der Waals surface area contributed by atoms with E-state index in [0.717, 1.165) is 17.7 Å². The number of nitrogens with zero attached hydrogens (tertiary/aromatic N) is 1. The van der Waals surface area contributed by atoms with Crippen LogP contribution in [0, 0.1) is 5.92 Å². The molecule has 1 aliphatic heterocycles. The number of hydrogen-bond donors (Lipinski definition) is 0. The first kappa shape index (κ1) is 17.0. The molecule has 6 heteroatoms. The third-order valence-electron chi connectivity index (χ3n) is 5.14. The van der Waals surface area contributed by atoms with E-state index in [0.29, 0.717) is 31.8 Å². The molecule has 1 atom stereocenters. The van der Waals surface area contributed by atoms with Crippen molar-refractivity contribution >= 4 is 27.1 Å². The van der Waals surface area contributed by atoms with E-state index in [2.05, 4.69) is 0 Å². The monoisotopic (exact) mass is 355 g/mol. The average Bonchev–Trinajstić information content (AvgIpc) is 2.99. The van der Waals surface area contributed by atoms with Gasteiger partial charge in [-0.1, -0.05) is 25.3 Å². The lowest BCUT2D eigenvalue weighted by molar-refractivity contribution is -0.132. The van der Waals surface area contributed by atoms with Crippen molar-refractivity contribution in [1.82, 2.24) is 4.90 Å². The van der Waals surface area contributed by atoms with Crippen molar-refractivity contribution in [2.24, 2.45) is 5.92 Å². The molecule has 1 saturated heterocycles. The zero-order valence-corrected chi connectivity index (χ0v) is 15.1. The van der Waals surface area contributed by atoms with E-state index in [1.165, 1.54) is 30.6 Å². The van der Waals surface area contributed by atoms with Crippen LogP contribution in [0.3, 0.4) is 0 Å². The maximum absolute atomic E-state index is 12.6. The number of thiophene rings is 1. The number of sulfone groups is 1. The molecule has 3 rings (SSSR count). The van der Waals surface area contributed by atoms with Gasteiger partial charge in [0.1, 0.15) is 0 Å². The van der Waals surface area contributed by atoms with Crippen molar-refractivity contribution in [3.63, 3.8) is 0 Å². The quantitative estimate of drug-likeness (QED) is 0.835. The zero-order valence-electron chi connectivity index (χ0n) is 13.4. The first-order chi connectivity index (χ1) is 11.1. The minimum Gasteiger partial charge on any atom is -0.342 e. The van der Waals surface area contributed by atoms with Crippen molar-refractivity contribution in [3.05, 3.63) is 22.4 Å². The molecule has 2 fully saturated rings. The summed E-state index contributed by atoms with van der Waals surface area (Å²) in [5, 5.41) is 1.48. The van der Waals surface area contributed by atoms with Gasteiger partial charge in [0.15, 0.2) is 9.84 Å². The number of rotatable bonds is 3. The van der Waals surface area contributed by atoms with Crippen LogP contribution in [-0.2, 0) is 14.6 Å². The molecule has 1 amide bonds. The minimum absolute atomic E-state index is 0.0893. The Labute approximate surface area is 142 Å². The summed E-state index contributed by atoms with van der Waals surface area (Å²) in [7, 11) is -3.17. The summed E-state index contributed by atoms with van der Waals surface area (Å²) in [6.07, 6.45) is 7.17. The topological polar surface area (TPSA) is 54.5 Å². The number of hydrogen-bond acceptors (Lipinski definition) is 4. The molecule has 1 unspecified atom stereocenters. The first-order valence-corrected chi connectivity index (χ1v) is 11.2. The Morgan fingerprint density at radius 2 is 1.96 bits per heavy atom. The maximum Gasteiger partial charge on any atom is 0.222 e. The molecule has 0 N–H and O–H groups in total. The van der Waals surface area contributed by atoms with E-state index in [4.69, 9.17) is 0 Å². The summed E-state index contributed by atoms with van der Waals surface area (Å²) in [6, 6.07) is 3.79. The largest absolute Gasteiger partial charge is 0.342 e. The van der Waals surface area contributed by atoms with Gasteiger partial charge in [-0.15, -0.1) is 11.3 Å². The summed E-state index contributed by atoms with van der Waals surface area (Å²) in [6.45, 7) is 0.920. The van der Waals surface area contributed by atoms with Gasteiger partial charge in [-0.25, -0.2) is 8.42 Å². The highest BCUT2D eigenvalue weighted by Gasteiger charge is 2.33. The van der Waals surface area contributed by atoms with Crippen LogP contribution in [-0.4, -0.2) is 38.1 Å². The van der Waals surface area contributed by atoms with Crippen LogP contribution >= 0.6 is 11.3 Å². The predicted octanol–water partition coefficient (Wildman–Crippen LogP) is 3.41. The molecule has 0 radical (unpaired) electrons. The van der Waals surface area contributed by atoms with Gasteiger partial charge in [-0.3, -0.25) is 4.79 Å². The molecular weight excluding hydrogens is 330 g/mol. The van der Waals surface area contributed by atoms with E-state index in [9.17, 15) is 13.2 Å². The van der Waals surface area contributed by atoms with Gasteiger partial charge in [0, 0.05) is 24.4 Å². The molecule has 23 heavy (non-hydrogen) atoms. The van der Waals surface area contributed by atoms with E-state index < -0.39 is 15.1 Å². The molecule has 1 aromatic heterocycles. The summed E-state index contributed by atoms with van der Waals surface area (Å²) in [4.78, 5) is 15.3. The second-order valence-electron chi connectivity index (χ2n) is 6.75. The lowest BCUT2D eigenvalue weighted by Crippen LogP contribution is -2.35. The third kappa shape index (κ3) is 4.15. The number of amides is 1. The molecule has 0 aromatic carbocycles. The Kier molecular flexibility index (Phi) is 5.42. The van der Waals surface area contributed by atoms with Crippen LogP contribution in [0.1, 0.15) is 55.1 Å². The molecular formula is C17H25NO3S2. The summed E-state index contributed by atoms with van der Waals surface area (Å²) < 4.78 is 25.1. The molecule has 1 aromatic rings. The van der Waals surface area contributed by atoms with Crippen molar-refractivity contribution in [1.29, 1.82) is 0 Å². The Hall–Kier alpha value is -0.880. The van der Waals surface area contributed by atoms with Crippen molar-refractivity contribution in [2.75, 3.05) is 18.8 Å². The summed E-state index contributed by atoms with van der Waals surface area (Å²) in [5.41, 5.74) is 0. The third-order valence-corrected chi connectivity index (χ3v) is 8.39. The highest BCUT2D eigenvalue weighted by atomic mass is 32.2. The van der Waals surface area contributed by atoms with Crippen LogP contribution in [0.25, 0.3) is 0 Å². The highest BCUT2D eigenvalue weighted by Crippen LogP contribution is 2.33. The Morgan fingerprint density at radius 1 is 1.17 bits per heavy atom. The van der Waals surface area contributed by atoms with Gasteiger partial charge < -0.3 is 4.90 Å². The normalized spacial score (nSPS) is 25.9. The van der Waals surface area contributed by atoms with Crippen molar-refractivity contribution in [3.8, 4) is 0 Å². The Morgan fingerprint density at radius 3 is 2.65 bits per heavy atom. The Balaban J connectivity index is 1.64. The lowest BCUT2D eigenvalue weighted by Gasteiger charge is -2.25. The van der Waals surface area contributed by atoms with E-state index in [1.807, 2.05) is 17.5 Å². The Bertz CT molecular complexity index is 618. The van der Waals surface area contributed by atoms with Gasteiger partial charge >= 0.3 is 0 Å². The molecule has 2 aliphatic rings. The molecule has 1 aliphatic carbocycles. The van der Waals surface area contributed by atoms with Crippen LogP contribution in [0.2, 0.25) is 0 Å². The maximum atomic E-state index is 12.6. The zero-order chi connectivity index (χ0) is 16.3. The second-order valence-corrected chi connectivity index (χ2v) is 10.0. The van der Waals surface area contributed by atoms with Crippen LogP contribution in [0.4, 0.5) is 0 Å². The van der Waals surface area contributed by atoms with E-state index in [1.54, 1.807) is 4.90 Å².